The first-order valence-electron chi connectivity index (χ1n) is 3.44. The molecule has 0 aromatic carbocycles. The zero-order chi connectivity index (χ0) is 8.69. The number of rotatable bonds is 3. The van der Waals surface area contributed by atoms with Crippen LogP contribution in [-0.2, 0) is 0 Å². The van der Waals surface area contributed by atoms with Gasteiger partial charge < -0.3 is 5.73 Å². The van der Waals surface area contributed by atoms with Gasteiger partial charge in [0.2, 0.25) is 0 Å². The third-order valence-corrected chi connectivity index (χ3v) is 1.22. The Hall–Kier alpha value is -1.31. The van der Waals surface area contributed by atoms with Crippen LogP contribution in [0, 0.1) is 0 Å². The van der Waals surface area contributed by atoms with E-state index in [9.17, 15) is 0 Å². The number of hydrogen-bond donors (Lipinski definition) is 1. The van der Waals surface area contributed by atoms with Crippen LogP contribution in [-0.4, -0.2) is 12.9 Å². The second-order valence-corrected chi connectivity index (χ2v) is 1.96. The fourth-order valence-corrected chi connectivity index (χ4v) is 0.587. The van der Waals surface area contributed by atoms with Gasteiger partial charge in [-0.1, -0.05) is 30.9 Å². The average Bonchev–Trinajstić information content (AvgIpc) is 2.05. The Morgan fingerprint density at radius 1 is 1.55 bits per heavy atom. The van der Waals surface area contributed by atoms with Crippen molar-refractivity contribution in [1.29, 1.82) is 0 Å². The lowest BCUT2D eigenvalue weighted by atomic mass is 10.2. The van der Waals surface area contributed by atoms with Crippen LogP contribution in [0.2, 0.25) is 0 Å². The van der Waals surface area contributed by atoms with Crippen LogP contribution in [0.1, 0.15) is 6.92 Å². The molecule has 0 aromatic heterocycles. The van der Waals surface area contributed by atoms with Gasteiger partial charge in [-0.3, -0.25) is 4.99 Å². The molecule has 2 nitrogen and oxygen atoms in total. The van der Waals surface area contributed by atoms with Gasteiger partial charge in [0.15, 0.2) is 0 Å². The normalized spacial score (nSPS) is 14.0. The van der Waals surface area contributed by atoms with Crippen LogP contribution in [0.3, 0.4) is 0 Å². The van der Waals surface area contributed by atoms with Gasteiger partial charge in [0, 0.05) is 12.6 Å². The number of hydrogen-bond acceptors (Lipinski definition) is 1. The summed E-state index contributed by atoms with van der Waals surface area (Å²) in [6.45, 7) is 5.56. The van der Waals surface area contributed by atoms with E-state index in [1.54, 1.807) is 13.1 Å². The van der Waals surface area contributed by atoms with Gasteiger partial charge in [-0.05, 0) is 6.92 Å². The van der Waals surface area contributed by atoms with Crippen LogP contribution >= 0.6 is 0 Å². The maximum atomic E-state index is 5.55. The molecular formula is C9H14N2. The van der Waals surface area contributed by atoms with Crippen LogP contribution < -0.4 is 5.73 Å². The minimum Gasteiger partial charge on any atom is -0.384 e. The van der Waals surface area contributed by atoms with E-state index in [0.29, 0.717) is 5.84 Å². The Morgan fingerprint density at radius 2 is 2.18 bits per heavy atom. The highest BCUT2D eigenvalue weighted by atomic mass is 14.8. The number of nitrogens with zero attached hydrogens (tertiary/aromatic N) is 1. The number of nitrogens with two attached hydrogens (primary N) is 1. The molecule has 0 fully saturated rings. The predicted molar refractivity (Wildman–Crippen MR) is 50.6 cm³/mol. The first kappa shape index (κ1) is 9.69. The van der Waals surface area contributed by atoms with Gasteiger partial charge in [-0.25, -0.2) is 0 Å². The predicted octanol–water partition coefficient (Wildman–Crippen LogP) is 1.66. The zero-order valence-electron chi connectivity index (χ0n) is 7.04. The molecule has 0 amide bonds. The molecule has 60 valence electrons. The third-order valence-electron chi connectivity index (χ3n) is 1.22. The topological polar surface area (TPSA) is 38.4 Å². The largest absolute Gasteiger partial charge is 0.384 e. The highest BCUT2D eigenvalue weighted by Crippen LogP contribution is 1.95. The van der Waals surface area contributed by atoms with Crippen molar-refractivity contribution >= 4 is 5.84 Å². The van der Waals surface area contributed by atoms with E-state index in [4.69, 9.17) is 5.73 Å². The fraction of sp³-hybridized carbons (Fsp3) is 0.222. The Bertz CT molecular complexity index is 210. The lowest BCUT2D eigenvalue weighted by Crippen LogP contribution is -2.12. The van der Waals surface area contributed by atoms with E-state index in [1.165, 1.54) is 0 Å². The molecule has 0 rings (SSSR count). The van der Waals surface area contributed by atoms with Gasteiger partial charge in [0.25, 0.3) is 0 Å². The summed E-state index contributed by atoms with van der Waals surface area (Å²) in [7, 11) is 1.66. The lowest BCUT2D eigenvalue weighted by Gasteiger charge is -1.96. The quantitative estimate of drug-likeness (QED) is 0.371. The molecule has 0 aliphatic rings. The lowest BCUT2D eigenvalue weighted by molar-refractivity contribution is 1.39. The second-order valence-electron chi connectivity index (χ2n) is 1.96. The fourth-order valence-electron chi connectivity index (χ4n) is 0.587. The van der Waals surface area contributed by atoms with Crippen LogP contribution in [0.5, 0.6) is 0 Å². The molecule has 0 aromatic rings. The number of aliphatic imine (C=N–C) groups is 1. The van der Waals surface area contributed by atoms with Crippen LogP contribution in [0.4, 0.5) is 0 Å². The molecule has 2 N–H and O–H groups in total. The minimum atomic E-state index is 0.512. The van der Waals surface area contributed by atoms with Crippen molar-refractivity contribution in [2.45, 2.75) is 6.92 Å². The summed E-state index contributed by atoms with van der Waals surface area (Å²) in [5, 5.41) is 0. The minimum absolute atomic E-state index is 0.512. The van der Waals surface area contributed by atoms with Crippen molar-refractivity contribution in [3.8, 4) is 0 Å². The van der Waals surface area contributed by atoms with E-state index in [-0.39, 0.29) is 0 Å². The number of amidine groups is 1. The molecule has 0 saturated carbocycles. The summed E-state index contributed by atoms with van der Waals surface area (Å²) in [5.74, 6) is 0.512. The van der Waals surface area contributed by atoms with Crippen LogP contribution in [0.15, 0.2) is 41.4 Å². The summed E-state index contributed by atoms with van der Waals surface area (Å²) in [5.41, 5.74) is 6.40. The molecule has 0 spiro atoms. The summed E-state index contributed by atoms with van der Waals surface area (Å²) >= 11 is 0. The molecule has 0 saturated heterocycles. The molecular weight excluding hydrogens is 136 g/mol. The van der Waals surface area contributed by atoms with Crippen LogP contribution in [0.25, 0.3) is 0 Å². The van der Waals surface area contributed by atoms with E-state index in [0.717, 1.165) is 5.57 Å². The Morgan fingerprint density at radius 3 is 2.55 bits per heavy atom. The van der Waals surface area contributed by atoms with Crippen molar-refractivity contribution in [1.82, 2.24) is 0 Å². The van der Waals surface area contributed by atoms with Gasteiger partial charge in [0.1, 0.15) is 5.84 Å². The number of allylic oxidation sites excluding steroid dienone is 3. The maximum absolute atomic E-state index is 5.55. The molecule has 0 unspecified atom stereocenters. The molecule has 2 heteroatoms. The van der Waals surface area contributed by atoms with Crippen molar-refractivity contribution in [3.63, 3.8) is 0 Å². The van der Waals surface area contributed by atoms with Gasteiger partial charge in [0.05, 0.1) is 0 Å². The second kappa shape index (κ2) is 5.47. The molecule has 0 aliphatic carbocycles. The first-order chi connectivity index (χ1) is 5.26. The van der Waals surface area contributed by atoms with Crippen molar-refractivity contribution in [3.05, 3.63) is 36.5 Å². The zero-order valence-corrected chi connectivity index (χ0v) is 7.04. The molecule has 0 atom stereocenters. The first-order valence-corrected chi connectivity index (χ1v) is 3.44. The van der Waals surface area contributed by atoms with E-state index < -0.39 is 0 Å². The summed E-state index contributed by atoms with van der Waals surface area (Å²) in [6, 6.07) is 0. The van der Waals surface area contributed by atoms with Gasteiger partial charge in [-0.2, -0.15) is 0 Å². The Kier molecular flexibility index (Phi) is 4.82. The molecule has 11 heavy (non-hydrogen) atoms. The highest BCUT2D eigenvalue weighted by molar-refractivity contribution is 5.99. The van der Waals surface area contributed by atoms with Gasteiger partial charge >= 0.3 is 0 Å². The van der Waals surface area contributed by atoms with E-state index in [1.807, 2.05) is 25.2 Å². The third kappa shape index (κ3) is 3.40. The summed E-state index contributed by atoms with van der Waals surface area (Å²) in [4.78, 5) is 3.83. The molecule has 0 aliphatic heterocycles. The van der Waals surface area contributed by atoms with Crippen molar-refractivity contribution in [2.75, 3.05) is 7.05 Å². The molecule has 0 bridgehead atoms. The van der Waals surface area contributed by atoms with Crippen molar-refractivity contribution < 1.29 is 0 Å². The standard InChI is InChI=1S/C9H14N2/c1-4-6-7-8(5-2)9(10)11-3/h4-7H,2H2,1,3H3,(H2,10,11)/b6-4-,8-7+. The highest BCUT2D eigenvalue weighted by Gasteiger charge is 1.92. The SMILES string of the molecule is C=C/C(=C\C=C/C)C(N)=NC. The smallest absolute Gasteiger partial charge is 0.125 e. The summed E-state index contributed by atoms with van der Waals surface area (Å²) < 4.78 is 0. The monoisotopic (exact) mass is 150 g/mol. The van der Waals surface area contributed by atoms with E-state index >= 15 is 0 Å². The van der Waals surface area contributed by atoms with Crippen molar-refractivity contribution in [2.24, 2.45) is 10.7 Å². The van der Waals surface area contributed by atoms with E-state index in [2.05, 4.69) is 11.6 Å². The van der Waals surface area contributed by atoms with Gasteiger partial charge in [-0.15, -0.1) is 0 Å². The molecule has 0 radical (unpaired) electrons. The average molecular weight is 150 g/mol. The summed E-state index contributed by atoms with van der Waals surface area (Å²) in [6.07, 6.45) is 7.37. The molecule has 0 heterocycles. The Labute approximate surface area is 67.8 Å². The Balaban J connectivity index is 4.52. The maximum Gasteiger partial charge on any atom is 0.125 e.